The number of aliphatic hydroxyl groups excluding tert-OH is 1. The maximum absolute atomic E-state index is 9.65. The van der Waals surface area contributed by atoms with Crippen molar-refractivity contribution in [3.8, 4) is 5.75 Å². The van der Waals surface area contributed by atoms with Gasteiger partial charge < -0.3 is 15.9 Å². The Balaban J connectivity index is 0.00000128. The van der Waals surface area contributed by atoms with Gasteiger partial charge in [0, 0.05) is 5.39 Å². The van der Waals surface area contributed by atoms with Crippen LogP contribution in [0.15, 0.2) is 36.4 Å². The first-order chi connectivity index (χ1) is 7.24. The summed E-state index contributed by atoms with van der Waals surface area (Å²) in [5.74, 6) is 0.236. The molecule has 86 valence electrons. The molecule has 0 spiro atoms. The van der Waals surface area contributed by atoms with Crippen LogP contribution in [0.3, 0.4) is 0 Å². The van der Waals surface area contributed by atoms with Crippen molar-refractivity contribution in [2.75, 3.05) is 6.61 Å². The second kappa shape index (κ2) is 5.16. The number of aromatic hydroxyl groups is 1. The highest BCUT2D eigenvalue weighted by Gasteiger charge is 2.10. The Kier molecular flexibility index (Phi) is 4.12. The van der Waals surface area contributed by atoms with Gasteiger partial charge in [0.1, 0.15) is 5.75 Å². The summed E-state index contributed by atoms with van der Waals surface area (Å²) in [7, 11) is 0. The molecule has 2 aromatic carbocycles. The van der Waals surface area contributed by atoms with E-state index in [0.29, 0.717) is 0 Å². The minimum absolute atomic E-state index is 0. The number of fused-ring (bicyclic) bond motifs is 1. The molecule has 0 amide bonds. The number of rotatable bonds is 2. The summed E-state index contributed by atoms with van der Waals surface area (Å²) in [5.41, 5.74) is 6.63. The molecular formula is C12H14ClNO2. The van der Waals surface area contributed by atoms with E-state index >= 15 is 0 Å². The second-order valence-corrected chi connectivity index (χ2v) is 3.51. The number of phenolic OH excluding ortho intramolecular Hbond substituents is 1. The van der Waals surface area contributed by atoms with Crippen LogP contribution in [0.5, 0.6) is 5.75 Å². The number of aliphatic hydroxyl groups is 1. The third-order valence-electron chi connectivity index (χ3n) is 2.53. The lowest BCUT2D eigenvalue weighted by Crippen LogP contribution is -2.14. The largest absolute Gasteiger partial charge is 0.507 e. The molecule has 4 N–H and O–H groups in total. The standard InChI is InChI=1S/C12H13NO2.ClH/c13-11(7-14)9-5-6-12(15)10-4-2-1-3-8(9)10;/h1-6,11,14-15H,7,13H2;1H/t11-;/m1./s1. The van der Waals surface area contributed by atoms with Gasteiger partial charge in [0.25, 0.3) is 0 Å². The summed E-state index contributed by atoms with van der Waals surface area (Å²) in [6, 6.07) is 10.4. The third-order valence-corrected chi connectivity index (χ3v) is 2.53. The van der Waals surface area contributed by atoms with Crippen LogP contribution in [-0.2, 0) is 0 Å². The summed E-state index contributed by atoms with van der Waals surface area (Å²) in [4.78, 5) is 0. The Labute approximate surface area is 99.9 Å². The SMILES string of the molecule is Cl.N[C@H](CO)c1ccc(O)c2ccccc12. The number of hydrogen-bond donors (Lipinski definition) is 3. The summed E-state index contributed by atoms with van der Waals surface area (Å²) < 4.78 is 0. The van der Waals surface area contributed by atoms with Crippen LogP contribution in [0.4, 0.5) is 0 Å². The maximum atomic E-state index is 9.65. The molecule has 16 heavy (non-hydrogen) atoms. The zero-order valence-electron chi connectivity index (χ0n) is 8.63. The van der Waals surface area contributed by atoms with Crippen molar-refractivity contribution in [3.63, 3.8) is 0 Å². The van der Waals surface area contributed by atoms with Crippen LogP contribution >= 0.6 is 12.4 Å². The van der Waals surface area contributed by atoms with Gasteiger partial charge in [-0.3, -0.25) is 0 Å². The van der Waals surface area contributed by atoms with Crippen LogP contribution in [0.25, 0.3) is 10.8 Å². The van der Waals surface area contributed by atoms with Gasteiger partial charge in [-0.05, 0) is 17.0 Å². The van der Waals surface area contributed by atoms with Crippen molar-refractivity contribution >= 4 is 23.2 Å². The van der Waals surface area contributed by atoms with Crippen molar-refractivity contribution in [1.29, 1.82) is 0 Å². The maximum Gasteiger partial charge on any atom is 0.123 e. The van der Waals surface area contributed by atoms with Crippen molar-refractivity contribution in [2.24, 2.45) is 5.73 Å². The number of hydrogen-bond acceptors (Lipinski definition) is 3. The molecule has 0 bridgehead atoms. The Morgan fingerprint density at radius 1 is 1.06 bits per heavy atom. The molecule has 1 atom stereocenters. The summed E-state index contributed by atoms with van der Waals surface area (Å²) >= 11 is 0. The molecule has 0 radical (unpaired) electrons. The first-order valence-corrected chi connectivity index (χ1v) is 4.81. The smallest absolute Gasteiger partial charge is 0.123 e. The Hall–Kier alpha value is -1.29. The Bertz CT molecular complexity index is 487. The van der Waals surface area contributed by atoms with Crippen LogP contribution in [-0.4, -0.2) is 16.8 Å². The van der Waals surface area contributed by atoms with Crippen LogP contribution in [0.1, 0.15) is 11.6 Å². The zero-order chi connectivity index (χ0) is 10.8. The van der Waals surface area contributed by atoms with Gasteiger partial charge in [0.15, 0.2) is 0 Å². The van der Waals surface area contributed by atoms with E-state index in [2.05, 4.69) is 0 Å². The molecule has 0 aliphatic rings. The Morgan fingerprint density at radius 3 is 2.31 bits per heavy atom. The molecule has 0 unspecified atom stereocenters. The number of halogens is 1. The fourth-order valence-electron chi connectivity index (χ4n) is 1.73. The van der Waals surface area contributed by atoms with E-state index in [4.69, 9.17) is 10.8 Å². The molecule has 3 nitrogen and oxygen atoms in total. The highest BCUT2D eigenvalue weighted by molar-refractivity contribution is 5.91. The summed E-state index contributed by atoms with van der Waals surface area (Å²) in [6.45, 7) is -0.102. The summed E-state index contributed by atoms with van der Waals surface area (Å²) in [6.07, 6.45) is 0. The minimum atomic E-state index is -0.407. The third kappa shape index (κ3) is 2.11. The molecule has 2 rings (SSSR count). The second-order valence-electron chi connectivity index (χ2n) is 3.51. The fourth-order valence-corrected chi connectivity index (χ4v) is 1.73. The van der Waals surface area contributed by atoms with Crippen LogP contribution < -0.4 is 5.73 Å². The van der Waals surface area contributed by atoms with Gasteiger partial charge in [-0.15, -0.1) is 12.4 Å². The number of nitrogens with two attached hydrogens (primary N) is 1. The average molecular weight is 240 g/mol. The van der Waals surface area contributed by atoms with Crippen LogP contribution in [0.2, 0.25) is 0 Å². The predicted octanol–water partition coefficient (Wildman–Crippen LogP) is 1.96. The minimum Gasteiger partial charge on any atom is -0.507 e. The Morgan fingerprint density at radius 2 is 1.69 bits per heavy atom. The topological polar surface area (TPSA) is 66.5 Å². The predicted molar refractivity (Wildman–Crippen MR) is 66.9 cm³/mol. The van der Waals surface area contributed by atoms with Crippen LogP contribution in [0, 0.1) is 0 Å². The van der Waals surface area contributed by atoms with E-state index in [-0.39, 0.29) is 24.8 Å². The van der Waals surface area contributed by atoms with E-state index in [1.807, 2.05) is 24.3 Å². The number of benzene rings is 2. The lowest BCUT2D eigenvalue weighted by molar-refractivity contribution is 0.268. The van der Waals surface area contributed by atoms with Crippen molar-refractivity contribution in [3.05, 3.63) is 42.0 Å². The van der Waals surface area contributed by atoms with Gasteiger partial charge in [0.2, 0.25) is 0 Å². The van der Waals surface area contributed by atoms with Crippen molar-refractivity contribution in [2.45, 2.75) is 6.04 Å². The molecule has 0 saturated carbocycles. The van der Waals surface area contributed by atoms with E-state index in [9.17, 15) is 5.11 Å². The molecule has 0 fully saturated rings. The fraction of sp³-hybridized carbons (Fsp3) is 0.167. The molecule has 4 heteroatoms. The summed E-state index contributed by atoms with van der Waals surface area (Å²) in [5, 5.41) is 20.3. The van der Waals surface area contributed by atoms with E-state index < -0.39 is 6.04 Å². The quantitative estimate of drug-likeness (QED) is 0.751. The van der Waals surface area contributed by atoms with Crippen molar-refractivity contribution < 1.29 is 10.2 Å². The zero-order valence-corrected chi connectivity index (χ0v) is 9.45. The molecular weight excluding hydrogens is 226 g/mol. The lowest BCUT2D eigenvalue weighted by atomic mass is 9.99. The lowest BCUT2D eigenvalue weighted by Gasteiger charge is -2.12. The van der Waals surface area contributed by atoms with E-state index in [0.717, 1.165) is 16.3 Å². The first kappa shape index (κ1) is 12.8. The first-order valence-electron chi connectivity index (χ1n) is 4.81. The molecule has 0 aliphatic carbocycles. The van der Waals surface area contributed by atoms with E-state index in [1.54, 1.807) is 12.1 Å². The molecule has 0 heterocycles. The van der Waals surface area contributed by atoms with E-state index in [1.165, 1.54) is 0 Å². The molecule has 0 aromatic heterocycles. The van der Waals surface area contributed by atoms with Gasteiger partial charge in [0.05, 0.1) is 12.6 Å². The normalized spacial score (nSPS) is 12.1. The molecule has 0 saturated heterocycles. The highest BCUT2D eigenvalue weighted by atomic mass is 35.5. The monoisotopic (exact) mass is 239 g/mol. The van der Waals surface area contributed by atoms with Crippen molar-refractivity contribution in [1.82, 2.24) is 0 Å². The average Bonchev–Trinajstić information content (AvgIpc) is 2.29. The molecule has 2 aromatic rings. The highest BCUT2D eigenvalue weighted by Crippen LogP contribution is 2.29. The number of phenols is 1. The van der Waals surface area contributed by atoms with Gasteiger partial charge >= 0.3 is 0 Å². The molecule has 0 aliphatic heterocycles. The van der Waals surface area contributed by atoms with Gasteiger partial charge in [-0.2, -0.15) is 0 Å². The van der Waals surface area contributed by atoms with Gasteiger partial charge in [-0.1, -0.05) is 30.3 Å². The van der Waals surface area contributed by atoms with Gasteiger partial charge in [-0.25, -0.2) is 0 Å².